The number of piperidine rings is 1. The van der Waals surface area contributed by atoms with Crippen LogP contribution < -0.4 is 11.1 Å². The summed E-state index contributed by atoms with van der Waals surface area (Å²) in [6.45, 7) is 1.27. The summed E-state index contributed by atoms with van der Waals surface area (Å²) in [5, 5.41) is 12.8. The van der Waals surface area contributed by atoms with E-state index in [1.807, 2.05) is 4.90 Å². The smallest absolute Gasteiger partial charge is 0.307 e. The fourth-order valence-electron chi connectivity index (χ4n) is 3.44. The van der Waals surface area contributed by atoms with Gasteiger partial charge in [0.25, 0.3) is 0 Å². The largest absolute Gasteiger partial charge is 0.481 e. The Labute approximate surface area is 119 Å². The molecule has 1 heterocycles. The van der Waals surface area contributed by atoms with Crippen LogP contribution in [0.25, 0.3) is 0 Å². The molecule has 1 aliphatic carbocycles. The summed E-state index contributed by atoms with van der Waals surface area (Å²) < 4.78 is 0. The van der Waals surface area contributed by atoms with Gasteiger partial charge < -0.3 is 16.2 Å². The number of hydrogen-bond donors (Lipinski definition) is 3. The van der Waals surface area contributed by atoms with Crippen LogP contribution in [0.2, 0.25) is 0 Å². The molecule has 4 N–H and O–H groups in total. The first-order chi connectivity index (χ1) is 9.54. The number of amides is 1. The number of nitrogens with zero attached hydrogens (tertiary/aromatic N) is 1. The van der Waals surface area contributed by atoms with Crippen LogP contribution in [0.4, 0.5) is 0 Å². The van der Waals surface area contributed by atoms with Gasteiger partial charge in [-0.3, -0.25) is 14.5 Å². The molecule has 2 fully saturated rings. The molecule has 0 bridgehead atoms. The average Bonchev–Trinajstić information content (AvgIpc) is 2.38. The lowest BCUT2D eigenvalue weighted by atomic mass is 9.90. The van der Waals surface area contributed by atoms with Crippen molar-refractivity contribution in [2.24, 2.45) is 11.7 Å². The number of hydrogen-bond acceptors (Lipinski definition) is 4. The van der Waals surface area contributed by atoms with Crippen LogP contribution in [0.15, 0.2) is 0 Å². The molecular formula is C14H25N3O3. The lowest BCUT2D eigenvalue weighted by Gasteiger charge is -2.38. The van der Waals surface area contributed by atoms with Crippen molar-refractivity contribution < 1.29 is 14.7 Å². The van der Waals surface area contributed by atoms with Gasteiger partial charge in [-0.15, -0.1) is 0 Å². The number of nitrogens with one attached hydrogen (secondary N) is 1. The minimum absolute atomic E-state index is 0.145. The van der Waals surface area contributed by atoms with E-state index in [-0.39, 0.29) is 12.6 Å². The molecule has 1 aliphatic heterocycles. The van der Waals surface area contributed by atoms with Crippen LogP contribution in [0.5, 0.6) is 0 Å². The van der Waals surface area contributed by atoms with Gasteiger partial charge in [-0.1, -0.05) is 19.3 Å². The number of rotatable bonds is 5. The van der Waals surface area contributed by atoms with Crippen molar-refractivity contribution in [1.29, 1.82) is 0 Å². The minimum atomic E-state index is -0.783. The van der Waals surface area contributed by atoms with E-state index in [1.165, 1.54) is 32.1 Å². The van der Waals surface area contributed by atoms with Gasteiger partial charge in [0.1, 0.15) is 0 Å². The van der Waals surface area contributed by atoms with Crippen LogP contribution in [0, 0.1) is 5.92 Å². The van der Waals surface area contributed by atoms with E-state index < -0.39 is 17.8 Å². The molecule has 2 atom stereocenters. The molecule has 6 heteroatoms. The molecule has 2 rings (SSSR count). The molecule has 114 valence electrons. The number of carboxylic acid groups (broad SMARTS) is 1. The number of likely N-dealkylation sites (tertiary alicyclic amines) is 1. The summed E-state index contributed by atoms with van der Waals surface area (Å²) in [6.07, 6.45) is 6.78. The molecule has 0 aromatic rings. The molecule has 20 heavy (non-hydrogen) atoms. The SMILES string of the molecule is NC(=O)CN1CC(NC2CCCCC2)CC(C(=O)O)C1. The summed E-state index contributed by atoms with van der Waals surface area (Å²) in [5.41, 5.74) is 5.23. The van der Waals surface area contributed by atoms with Crippen LogP contribution in [-0.4, -0.2) is 53.6 Å². The van der Waals surface area contributed by atoms with E-state index in [2.05, 4.69) is 5.32 Å². The second-order valence-electron chi connectivity index (χ2n) is 6.13. The Morgan fingerprint density at radius 2 is 1.85 bits per heavy atom. The Bertz CT molecular complexity index is 356. The van der Waals surface area contributed by atoms with Crippen molar-refractivity contribution in [3.63, 3.8) is 0 Å². The first-order valence-corrected chi connectivity index (χ1v) is 7.54. The normalized spacial score (nSPS) is 29.2. The second-order valence-corrected chi connectivity index (χ2v) is 6.13. The molecule has 6 nitrogen and oxygen atoms in total. The van der Waals surface area contributed by atoms with Crippen molar-refractivity contribution in [2.75, 3.05) is 19.6 Å². The van der Waals surface area contributed by atoms with E-state index in [0.29, 0.717) is 25.6 Å². The topological polar surface area (TPSA) is 95.7 Å². The third-order valence-electron chi connectivity index (χ3n) is 4.33. The van der Waals surface area contributed by atoms with Crippen LogP contribution >= 0.6 is 0 Å². The highest BCUT2D eigenvalue weighted by molar-refractivity contribution is 5.76. The monoisotopic (exact) mass is 283 g/mol. The summed E-state index contributed by atoms with van der Waals surface area (Å²) in [7, 11) is 0. The van der Waals surface area contributed by atoms with Gasteiger partial charge in [-0.25, -0.2) is 0 Å². The highest BCUT2D eigenvalue weighted by Gasteiger charge is 2.33. The lowest BCUT2D eigenvalue weighted by molar-refractivity contribution is -0.144. The molecule has 1 amide bonds. The van der Waals surface area contributed by atoms with Crippen LogP contribution in [0.3, 0.4) is 0 Å². The maximum Gasteiger partial charge on any atom is 0.307 e. The Balaban J connectivity index is 1.91. The Hall–Kier alpha value is -1.14. The number of carboxylic acids is 1. The maximum absolute atomic E-state index is 11.3. The Morgan fingerprint density at radius 3 is 2.45 bits per heavy atom. The molecule has 0 radical (unpaired) electrons. The fourth-order valence-corrected chi connectivity index (χ4v) is 3.44. The number of carbonyl (C=O) groups is 2. The van der Waals surface area contributed by atoms with Gasteiger partial charge in [0, 0.05) is 25.2 Å². The van der Waals surface area contributed by atoms with Crippen molar-refractivity contribution in [3.8, 4) is 0 Å². The van der Waals surface area contributed by atoms with Crippen LogP contribution in [-0.2, 0) is 9.59 Å². The molecule has 1 saturated carbocycles. The van der Waals surface area contributed by atoms with Gasteiger partial charge >= 0.3 is 5.97 Å². The van der Waals surface area contributed by atoms with Gasteiger partial charge in [0.15, 0.2) is 0 Å². The summed E-state index contributed by atoms with van der Waals surface area (Å²) in [6, 6.07) is 0.643. The Kier molecular flexibility index (Phi) is 5.37. The second kappa shape index (κ2) is 7.04. The van der Waals surface area contributed by atoms with Crippen molar-refractivity contribution in [3.05, 3.63) is 0 Å². The first kappa shape index (κ1) is 15.3. The van der Waals surface area contributed by atoms with Gasteiger partial charge in [-0.2, -0.15) is 0 Å². The van der Waals surface area contributed by atoms with E-state index in [1.54, 1.807) is 0 Å². The van der Waals surface area contributed by atoms with E-state index in [0.717, 1.165) is 0 Å². The number of carbonyl (C=O) groups excluding carboxylic acids is 1. The zero-order valence-corrected chi connectivity index (χ0v) is 11.9. The third kappa shape index (κ3) is 4.45. The van der Waals surface area contributed by atoms with E-state index in [4.69, 9.17) is 5.73 Å². The van der Waals surface area contributed by atoms with E-state index in [9.17, 15) is 14.7 Å². The predicted molar refractivity (Wildman–Crippen MR) is 75.2 cm³/mol. The molecule has 2 unspecified atom stereocenters. The van der Waals surface area contributed by atoms with Crippen molar-refractivity contribution in [1.82, 2.24) is 10.2 Å². The maximum atomic E-state index is 11.3. The first-order valence-electron chi connectivity index (χ1n) is 7.54. The molecule has 1 saturated heterocycles. The standard InChI is InChI=1S/C14H25N3O3/c15-13(18)9-17-7-10(14(19)20)6-12(8-17)16-11-4-2-1-3-5-11/h10-12,16H,1-9H2,(H2,15,18)(H,19,20). The fraction of sp³-hybridized carbons (Fsp3) is 0.857. The van der Waals surface area contributed by atoms with Crippen molar-refractivity contribution >= 4 is 11.9 Å². The average molecular weight is 283 g/mol. The lowest BCUT2D eigenvalue weighted by Crippen LogP contribution is -2.54. The van der Waals surface area contributed by atoms with Crippen molar-refractivity contribution in [2.45, 2.75) is 50.6 Å². The third-order valence-corrected chi connectivity index (χ3v) is 4.33. The number of primary amides is 1. The molecule has 0 spiro atoms. The highest BCUT2D eigenvalue weighted by Crippen LogP contribution is 2.22. The summed E-state index contributed by atoms with van der Waals surface area (Å²) in [4.78, 5) is 24.2. The zero-order chi connectivity index (χ0) is 14.5. The molecule has 0 aromatic carbocycles. The van der Waals surface area contributed by atoms with Gasteiger partial charge in [0.05, 0.1) is 12.5 Å². The van der Waals surface area contributed by atoms with Gasteiger partial charge in [0.2, 0.25) is 5.91 Å². The van der Waals surface area contributed by atoms with E-state index >= 15 is 0 Å². The molecular weight excluding hydrogens is 258 g/mol. The van der Waals surface area contributed by atoms with Crippen LogP contribution in [0.1, 0.15) is 38.5 Å². The quantitative estimate of drug-likeness (QED) is 0.668. The molecule has 0 aromatic heterocycles. The molecule has 2 aliphatic rings. The van der Waals surface area contributed by atoms with Gasteiger partial charge in [-0.05, 0) is 19.3 Å². The highest BCUT2D eigenvalue weighted by atomic mass is 16.4. The summed E-state index contributed by atoms with van der Waals surface area (Å²) >= 11 is 0. The number of nitrogens with two attached hydrogens (primary N) is 1. The minimum Gasteiger partial charge on any atom is -0.481 e. The summed E-state index contributed by atoms with van der Waals surface area (Å²) in [5.74, 6) is -1.59. The predicted octanol–water partition coefficient (Wildman–Crippen LogP) is 0.169. The number of aliphatic carboxylic acids is 1. The Morgan fingerprint density at radius 1 is 1.15 bits per heavy atom. The zero-order valence-electron chi connectivity index (χ0n) is 11.9.